The standard InChI is InChI=1S/C13H15N3S/c1-11-13(15-8-7-14-11)16-9-10-17-12-5-3-2-4-6-12/h2-8H,9-10H2,1H3,(H,15,16). The number of aromatic nitrogens is 2. The monoisotopic (exact) mass is 245 g/mol. The van der Waals surface area contributed by atoms with Crippen LogP contribution in [0.5, 0.6) is 0 Å². The highest BCUT2D eigenvalue weighted by Crippen LogP contribution is 2.16. The average molecular weight is 245 g/mol. The molecule has 0 aliphatic rings. The predicted molar refractivity (Wildman–Crippen MR) is 72.4 cm³/mol. The summed E-state index contributed by atoms with van der Waals surface area (Å²) < 4.78 is 0. The van der Waals surface area contributed by atoms with Crippen LogP contribution >= 0.6 is 11.8 Å². The van der Waals surface area contributed by atoms with Crippen LogP contribution in [0.4, 0.5) is 5.82 Å². The first-order chi connectivity index (χ1) is 8.36. The summed E-state index contributed by atoms with van der Waals surface area (Å²) >= 11 is 1.83. The maximum Gasteiger partial charge on any atom is 0.147 e. The summed E-state index contributed by atoms with van der Waals surface area (Å²) in [5, 5.41) is 3.29. The van der Waals surface area contributed by atoms with Crippen molar-refractivity contribution in [1.82, 2.24) is 9.97 Å². The summed E-state index contributed by atoms with van der Waals surface area (Å²) in [6, 6.07) is 10.4. The second kappa shape index (κ2) is 6.25. The van der Waals surface area contributed by atoms with Gasteiger partial charge in [0.2, 0.25) is 0 Å². The predicted octanol–water partition coefficient (Wildman–Crippen LogP) is 2.99. The van der Waals surface area contributed by atoms with Gasteiger partial charge < -0.3 is 5.32 Å². The molecule has 17 heavy (non-hydrogen) atoms. The van der Waals surface area contributed by atoms with Gasteiger partial charge in [-0.05, 0) is 19.1 Å². The molecule has 0 fully saturated rings. The van der Waals surface area contributed by atoms with Crippen molar-refractivity contribution in [2.75, 3.05) is 17.6 Å². The third-order valence-electron chi connectivity index (χ3n) is 2.29. The SMILES string of the molecule is Cc1nccnc1NCCSc1ccccc1. The van der Waals surface area contributed by atoms with E-state index in [1.165, 1.54) is 4.90 Å². The molecule has 4 heteroatoms. The Hall–Kier alpha value is -1.55. The molecule has 2 aromatic rings. The van der Waals surface area contributed by atoms with Crippen LogP contribution in [0.15, 0.2) is 47.6 Å². The van der Waals surface area contributed by atoms with Gasteiger partial charge in [-0.25, -0.2) is 4.98 Å². The molecule has 0 aliphatic heterocycles. The third-order valence-corrected chi connectivity index (χ3v) is 3.30. The van der Waals surface area contributed by atoms with Crippen molar-refractivity contribution >= 4 is 17.6 Å². The number of benzene rings is 1. The molecule has 0 aliphatic carbocycles. The Kier molecular flexibility index (Phi) is 4.38. The molecule has 0 radical (unpaired) electrons. The summed E-state index contributed by atoms with van der Waals surface area (Å²) in [5.74, 6) is 1.89. The van der Waals surface area contributed by atoms with E-state index in [4.69, 9.17) is 0 Å². The van der Waals surface area contributed by atoms with E-state index >= 15 is 0 Å². The molecular formula is C13H15N3S. The van der Waals surface area contributed by atoms with Gasteiger partial charge in [0.25, 0.3) is 0 Å². The minimum atomic E-state index is 0.876. The van der Waals surface area contributed by atoms with Gasteiger partial charge in [-0.1, -0.05) is 18.2 Å². The molecule has 0 saturated carbocycles. The van der Waals surface area contributed by atoms with Crippen molar-refractivity contribution in [3.05, 3.63) is 48.4 Å². The molecule has 88 valence electrons. The molecular weight excluding hydrogens is 230 g/mol. The highest BCUT2D eigenvalue weighted by atomic mass is 32.2. The van der Waals surface area contributed by atoms with Crippen molar-refractivity contribution in [3.8, 4) is 0 Å². The van der Waals surface area contributed by atoms with Crippen LogP contribution < -0.4 is 5.32 Å². The lowest BCUT2D eigenvalue weighted by molar-refractivity contribution is 1.08. The van der Waals surface area contributed by atoms with E-state index < -0.39 is 0 Å². The topological polar surface area (TPSA) is 37.8 Å². The smallest absolute Gasteiger partial charge is 0.147 e. The number of aryl methyl sites for hydroxylation is 1. The fourth-order valence-corrected chi connectivity index (χ4v) is 2.23. The summed E-state index contributed by atoms with van der Waals surface area (Å²) in [6.07, 6.45) is 3.42. The number of thioether (sulfide) groups is 1. The zero-order valence-electron chi connectivity index (χ0n) is 9.76. The molecule has 0 saturated heterocycles. The number of hydrogen-bond donors (Lipinski definition) is 1. The molecule has 0 amide bonds. The zero-order chi connectivity index (χ0) is 11.9. The highest BCUT2D eigenvalue weighted by molar-refractivity contribution is 7.99. The Morgan fingerprint density at radius 1 is 1.12 bits per heavy atom. The van der Waals surface area contributed by atoms with E-state index in [2.05, 4.69) is 39.6 Å². The van der Waals surface area contributed by atoms with Crippen LogP contribution in [0.2, 0.25) is 0 Å². The largest absolute Gasteiger partial charge is 0.368 e. The first-order valence-corrected chi connectivity index (χ1v) is 6.54. The zero-order valence-corrected chi connectivity index (χ0v) is 10.6. The Bertz CT molecular complexity index is 459. The number of rotatable bonds is 5. The van der Waals surface area contributed by atoms with Gasteiger partial charge in [0.15, 0.2) is 0 Å². The van der Waals surface area contributed by atoms with Crippen molar-refractivity contribution < 1.29 is 0 Å². The van der Waals surface area contributed by atoms with E-state index in [1.807, 2.05) is 24.8 Å². The molecule has 0 bridgehead atoms. The lowest BCUT2D eigenvalue weighted by Crippen LogP contribution is -2.07. The Labute approximate surface area is 106 Å². The maximum atomic E-state index is 4.24. The fraction of sp³-hybridized carbons (Fsp3) is 0.231. The van der Waals surface area contributed by atoms with Crippen LogP contribution in [0, 0.1) is 6.92 Å². The molecule has 1 N–H and O–H groups in total. The van der Waals surface area contributed by atoms with Crippen LogP contribution in [-0.2, 0) is 0 Å². The van der Waals surface area contributed by atoms with Gasteiger partial charge in [-0.15, -0.1) is 11.8 Å². The van der Waals surface area contributed by atoms with Gasteiger partial charge in [0.1, 0.15) is 5.82 Å². The second-order valence-electron chi connectivity index (χ2n) is 3.58. The average Bonchev–Trinajstić information content (AvgIpc) is 2.38. The number of nitrogens with zero attached hydrogens (tertiary/aromatic N) is 2. The molecule has 0 unspecified atom stereocenters. The molecule has 3 nitrogen and oxygen atoms in total. The lowest BCUT2D eigenvalue weighted by atomic mass is 10.4. The van der Waals surface area contributed by atoms with E-state index in [0.717, 1.165) is 23.8 Å². The number of anilines is 1. The third kappa shape index (κ3) is 3.75. The van der Waals surface area contributed by atoms with Crippen LogP contribution in [0.25, 0.3) is 0 Å². The summed E-state index contributed by atoms with van der Waals surface area (Å²) in [4.78, 5) is 9.72. The van der Waals surface area contributed by atoms with Gasteiger partial charge in [-0.2, -0.15) is 0 Å². The summed E-state index contributed by atoms with van der Waals surface area (Å²) in [6.45, 7) is 2.85. The normalized spacial score (nSPS) is 10.2. The molecule has 1 heterocycles. The maximum absolute atomic E-state index is 4.24. The minimum Gasteiger partial charge on any atom is -0.368 e. The molecule has 0 atom stereocenters. The van der Waals surface area contributed by atoms with Crippen molar-refractivity contribution in [2.24, 2.45) is 0 Å². The quantitative estimate of drug-likeness (QED) is 0.649. The van der Waals surface area contributed by atoms with Crippen LogP contribution in [0.3, 0.4) is 0 Å². The van der Waals surface area contributed by atoms with Gasteiger partial charge in [-0.3, -0.25) is 4.98 Å². The number of nitrogens with one attached hydrogen (secondary N) is 1. The number of hydrogen-bond acceptors (Lipinski definition) is 4. The van der Waals surface area contributed by atoms with Crippen molar-refractivity contribution in [2.45, 2.75) is 11.8 Å². The summed E-state index contributed by atoms with van der Waals surface area (Å²) in [5.41, 5.74) is 0.942. The highest BCUT2D eigenvalue weighted by Gasteiger charge is 1.98. The Morgan fingerprint density at radius 2 is 1.88 bits per heavy atom. The van der Waals surface area contributed by atoms with Crippen LogP contribution in [-0.4, -0.2) is 22.3 Å². The fourth-order valence-electron chi connectivity index (χ4n) is 1.44. The van der Waals surface area contributed by atoms with E-state index in [0.29, 0.717) is 0 Å². The molecule has 0 spiro atoms. The molecule has 1 aromatic carbocycles. The molecule has 1 aromatic heterocycles. The second-order valence-corrected chi connectivity index (χ2v) is 4.75. The first-order valence-electron chi connectivity index (χ1n) is 5.55. The van der Waals surface area contributed by atoms with E-state index in [9.17, 15) is 0 Å². The van der Waals surface area contributed by atoms with E-state index in [-0.39, 0.29) is 0 Å². The minimum absolute atomic E-state index is 0.876. The van der Waals surface area contributed by atoms with Crippen molar-refractivity contribution in [1.29, 1.82) is 0 Å². The molecule has 2 rings (SSSR count). The van der Waals surface area contributed by atoms with Gasteiger partial charge >= 0.3 is 0 Å². The summed E-state index contributed by atoms with van der Waals surface area (Å²) in [7, 11) is 0. The lowest BCUT2D eigenvalue weighted by Gasteiger charge is -2.06. The first kappa shape index (κ1) is 11.9. The van der Waals surface area contributed by atoms with E-state index in [1.54, 1.807) is 12.4 Å². The van der Waals surface area contributed by atoms with Gasteiger partial charge in [0, 0.05) is 29.6 Å². The van der Waals surface area contributed by atoms with Crippen molar-refractivity contribution in [3.63, 3.8) is 0 Å². The Morgan fingerprint density at radius 3 is 2.65 bits per heavy atom. The van der Waals surface area contributed by atoms with Gasteiger partial charge in [0.05, 0.1) is 5.69 Å². The Balaban J connectivity index is 1.76. The van der Waals surface area contributed by atoms with Crippen LogP contribution in [0.1, 0.15) is 5.69 Å².